The Bertz CT molecular complexity index is 587. The van der Waals surface area contributed by atoms with Crippen molar-refractivity contribution in [3.05, 3.63) is 35.6 Å². The third kappa shape index (κ3) is 4.38. The quantitative estimate of drug-likeness (QED) is 0.867. The van der Waals surface area contributed by atoms with Crippen molar-refractivity contribution < 1.29 is 23.9 Å². The molecule has 1 aromatic rings. The van der Waals surface area contributed by atoms with Crippen LogP contribution in [-0.2, 0) is 20.8 Å². The molecular formula is C16H18FNO4. The number of nitrogens with one attached hydrogen (secondary N) is 1. The summed E-state index contributed by atoms with van der Waals surface area (Å²) in [6.07, 6.45) is 1.80. The lowest BCUT2D eigenvalue weighted by atomic mass is 9.83. The van der Waals surface area contributed by atoms with Crippen molar-refractivity contribution >= 4 is 17.7 Å². The molecular weight excluding hydrogens is 289 g/mol. The summed E-state index contributed by atoms with van der Waals surface area (Å²) in [7, 11) is 0. The fourth-order valence-electron chi connectivity index (χ4n) is 2.78. The fraction of sp³-hybridized carbons (Fsp3) is 0.438. The van der Waals surface area contributed by atoms with Crippen molar-refractivity contribution in [1.82, 2.24) is 5.32 Å². The monoisotopic (exact) mass is 307 g/mol. The minimum atomic E-state index is -1.15. The van der Waals surface area contributed by atoms with E-state index in [1.165, 1.54) is 18.2 Å². The van der Waals surface area contributed by atoms with Gasteiger partial charge in [-0.25, -0.2) is 9.18 Å². The Balaban J connectivity index is 1.99. The summed E-state index contributed by atoms with van der Waals surface area (Å²) in [4.78, 5) is 34.8. The van der Waals surface area contributed by atoms with E-state index in [9.17, 15) is 23.9 Å². The number of carbonyl (C=O) groups is 3. The molecule has 118 valence electrons. The molecule has 6 heteroatoms. The summed E-state index contributed by atoms with van der Waals surface area (Å²) in [5.41, 5.74) is 0.473. The van der Waals surface area contributed by atoms with Gasteiger partial charge in [0, 0.05) is 12.8 Å². The van der Waals surface area contributed by atoms with Crippen molar-refractivity contribution in [2.75, 3.05) is 0 Å². The number of carbonyl (C=O) groups excluding carboxylic acids is 2. The number of halogens is 1. The maximum absolute atomic E-state index is 13.1. The van der Waals surface area contributed by atoms with Crippen LogP contribution in [0.3, 0.4) is 0 Å². The topological polar surface area (TPSA) is 83.5 Å². The van der Waals surface area contributed by atoms with Crippen molar-refractivity contribution in [3.8, 4) is 0 Å². The Morgan fingerprint density at radius 1 is 1.41 bits per heavy atom. The molecule has 1 aromatic carbocycles. The maximum atomic E-state index is 13.1. The highest BCUT2D eigenvalue weighted by Gasteiger charge is 2.33. The number of carboxylic acids is 1. The van der Waals surface area contributed by atoms with Crippen LogP contribution < -0.4 is 5.32 Å². The summed E-state index contributed by atoms with van der Waals surface area (Å²) in [5.74, 6) is -2.43. The SMILES string of the molecule is O=C1CCC[C@@H]([C@@H](NC(=O)Cc2cccc(F)c2)C(=O)O)C1. The van der Waals surface area contributed by atoms with E-state index in [2.05, 4.69) is 5.32 Å². The molecule has 2 rings (SSSR count). The van der Waals surface area contributed by atoms with Crippen LogP contribution in [0.5, 0.6) is 0 Å². The normalized spacial score (nSPS) is 19.5. The summed E-state index contributed by atoms with van der Waals surface area (Å²) >= 11 is 0. The average molecular weight is 307 g/mol. The second kappa shape index (κ2) is 7.15. The van der Waals surface area contributed by atoms with E-state index < -0.39 is 23.7 Å². The number of ketones is 1. The van der Waals surface area contributed by atoms with Gasteiger partial charge in [0.2, 0.25) is 5.91 Å². The van der Waals surface area contributed by atoms with Gasteiger partial charge in [0.15, 0.2) is 0 Å². The van der Waals surface area contributed by atoms with E-state index in [-0.39, 0.29) is 24.5 Å². The number of amides is 1. The number of aliphatic carboxylic acids is 1. The van der Waals surface area contributed by atoms with Gasteiger partial charge in [0.05, 0.1) is 6.42 Å². The molecule has 1 aliphatic carbocycles. The van der Waals surface area contributed by atoms with Gasteiger partial charge in [-0.05, 0) is 36.5 Å². The van der Waals surface area contributed by atoms with Crippen LogP contribution in [0, 0.1) is 11.7 Å². The van der Waals surface area contributed by atoms with Crippen LogP contribution in [0.2, 0.25) is 0 Å². The van der Waals surface area contributed by atoms with Gasteiger partial charge >= 0.3 is 5.97 Å². The highest BCUT2D eigenvalue weighted by molar-refractivity contribution is 5.86. The zero-order valence-corrected chi connectivity index (χ0v) is 12.0. The molecule has 1 saturated carbocycles. The number of hydrogen-bond acceptors (Lipinski definition) is 3. The molecule has 22 heavy (non-hydrogen) atoms. The lowest BCUT2D eigenvalue weighted by molar-refractivity contribution is -0.144. The van der Waals surface area contributed by atoms with Gasteiger partial charge in [-0.3, -0.25) is 9.59 Å². The number of rotatable bonds is 5. The predicted octanol–water partition coefficient (Wildman–Crippen LogP) is 1.70. The maximum Gasteiger partial charge on any atom is 0.326 e. The Hall–Kier alpha value is -2.24. The molecule has 1 aliphatic rings. The van der Waals surface area contributed by atoms with Crippen LogP contribution in [-0.4, -0.2) is 28.8 Å². The minimum Gasteiger partial charge on any atom is -0.480 e. The highest BCUT2D eigenvalue weighted by Crippen LogP contribution is 2.24. The van der Waals surface area contributed by atoms with Crippen molar-refractivity contribution in [3.63, 3.8) is 0 Å². The Morgan fingerprint density at radius 3 is 2.82 bits per heavy atom. The van der Waals surface area contributed by atoms with E-state index >= 15 is 0 Å². The van der Waals surface area contributed by atoms with Crippen LogP contribution in [0.15, 0.2) is 24.3 Å². The summed E-state index contributed by atoms with van der Waals surface area (Å²) in [6, 6.07) is 4.52. The first-order valence-corrected chi connectivity index (χ1v) is 7.24. The van der Waals surface area contributed by atoms with Gasteiger partial charge in [-0.2, -0.15) is 0 Å². The van der Waals surface area contributed by atoms with Gasteiger partial charge in [-0.15, -0.1) is 0 Å². The Morgan fingerprint density at radius 2 is 2.18 bits per heavy atom. The largest absolute Gasteiger partial charge is 0.480 e. The van der Waals surface area contributed by atoms with E-state index in [0.29, 0.717) is 24.8 Å². The second-order valence-electron chi connectivity index (χ2n) is 5.59. The van der Waals surface area contributed by atoms with Crippen molar-refractivity contribution in [1.29, 1.82) is 0 Å². The molecule has 0 saturated heterocycles. The molecule has 2 atom stereocenters. The molecule has 0 aromatic heterocycles. The molecule has 5 nitrogen and oxygen atoms in total. The van der Waals surface area contributed by atoms with E-state index in [0.717, 1.165) is 0 Å². The Kier molecular flexibility index (Phi) is 5.25. The molecule has 0 heterocycles. The number of carboxylic acid groups (broad SMARTS) is 1. The standard InChI is InChI=1S/C16H18FNO4/c17-12-5-1-3-10(7-12)8-14(20)18-15(16(21)22)11-4-2-6-13(19)9-11/h1,3,5,7,11,15H,2,4,6,8-9H2,(H,18,20)(H,21,22)/t11-,15-/m1/s1. The summed E-state index contributed by atoms with van der Waals surface area (Å²) in [6.45, 7) is 0. The third-order valence-electron chi connectivity index (χ3n) is 3.83. The molecule has 1 amide bonds. The fourth-order valence-corrected chi connectivity index (χ4v) is 2.78. The van der Waals surface area contributed by atoms with Crippen LogP contribution in [0.1, 0.15) is 31.2 Å². The summed E-state index contributed by atoms with van der Waals surface area (Å²) in [5, 5.41) is 11.7. The van der Waals surface area contributed by atoms with Gasteiger partial charge < -0.3 is 10.4 Å². The molecule has 1 fully saturated rings. The number of Topliss-reactive ketones (excluding diaryl/α,β-unsaturated/α-hetero) is 1. The average Bonchev–Trinajstić information content (AvgIpc) is 2.44. The first kappa shape index (κ1) is 16.1. The molecule has 0 bridgehead atoms. The smallest absolute Gasteiger partial charge is 0.326 e. The number of benzene rings is 1. The highest BCUT2D eigenvalue weighted by atomic mass is 19.1. The summed E-state index contributed by atoms with van der Waals surface area (Å²) < 4.78 is 13.1. The Labute approximate surface area is 127 Å². The van der Waals surface area contributed by atoms with Crippen molar-refractivity contribution in [2.45, 2.75) is 38.1 Å². The lowest BCUT2D eigenvalue weighted by Gasteiger charge is -2.27. The van der Waals surface area contributed by atoms with Gasteiger partial charge in [0.1, 0.15) is 17.6 Å². The molecule has 0 radical (unpaired) electrons. The van der Waals surface area contributed by atoms with Crippen LogP contribution in [0.4, 0.5) is 4.39 Å². The van der Waals surface area contributed by atoms with E-state index in [1.54, 1.807) is 6.07 Å². The third-order valence-corrected chi connectivity index (χ3v) is 3.83. The first-order valence-electron chi connectivity index (χ1n) is 7.24. The number of hydrogen-bond donors (Lipinski definition) is 2. The second-order valence-corrected chi connectivity index (χ2v) is 5.59. The van der Waals surface area contributed by atoms with Crippen LogP contribution >= 0.6 is 0 Å². The molecule has 0 aliphatic heterocycles. The molecule has 2 N–H and O–H groups in total. The first-order chi connectivity index (χ1) is 10.5. The van der Waals surface area contributed by atoms with Gasteiger partial charge in [-0.1, -0.05) is 12.1 Å². The molecule has 0 unspecified atom stereocenters. The van der Waals surface area contributed by atoms with Crippen molar-refractivity contribution in [2.24, 2.45) is 5.92 Å². The minimum absolute atomic E-state index is 0.0295. The zero-order valence-electron chi connectivity index (χ0n) is 12.0. The predicted molar refractivity (Wildman–Crippen MR) is 76.6 cm³/mol. The van der Waals surface area contributed by atoms with Crippen LogP contribution in [0.25, 0.3) is 0 Å². The van der Waals surface area contributed by atoms with Gasteiger partial charge in [0.25, 0.3) is 0 Å². The van der Waals surface area contributed by atoms with E-state index in [1.807, 2.05) is 0 Å². The lowest BCUT2D eigenvalue weighted by Crippen LogP contribution is -2.47. The zero-order chi connectivity index (χ0) is 16.1. The molecule has 0 spiro atoms. The van der Waals surface area contributed by atoms with E-state index in [4.69, 9.17) is 0 Å².